The zero-order valence-corrected chi connectivity index (χ0v) is 10.7. The Morgan fingerprint density at radius 3 is 2.13 bits per heavy atom. The van der Waals surface area contributed by atoms with Crippen molar-refractivity contribution in [2.45, 2.75) is 47.0 Å². The lowest BCUT2D eigenvalue weighted by molar-refractivity contribution is 0.259. The second kappa shape index (κ2) is 5.39. The molecule has 0 aliphatic heterocycles. The number of aromatic nitrogens is 1. The zero-order chi connectivity index (χ0) is 11.4. The molecule has 0 fully saturated rings. The van der Waals surface area contributed by atoms with Gasteiger partial charge < -0.3 is 4.98 Å². The van der Waals surface area contributed by atoms with E-state index in [1.54, 1.807) is 0 Å². The minimum Gasteiger partial charge on any atom is -0.367 e. The van der Waals surface area contributed by atoms with Gasteiger partial charge in [0.15, 0.2) is 0 Å². The van der Waals surface area contributed by atoms with Crippen LogP contribution in [0.2, 0.25) is 0 Å². The first kappa shape index (κ1) is 12.4. The van der Waals surface area contributed by atoms with Gasteiger partial charge in [-0.2, -0.15) is 0 Å². The first-order valence-electron chi connectivity index (χ1n) is 6.20. The van der Waals surface area contributed by atoms with Crippen LogP contribution in [-0.4, -0.2) is 4.98 Å². The molecule has 0 saturated carbocycles. The third kappa shape index (κ3) is 2.87. The number of hydrogen-bond donors (Lipinski definition) is 1. The molecule has 0 radical (unpaired) electrons. The van der Waals surface area contributed by atoms with Crippen molar-refractivity contribution in [3.8, 4) is 0 Å². The van der Waals surface area contributed by atoms with Crippen molar-refractivity contribution in [2.75, 3.05) is 0 Å². The van der Waals surface area contributed by atoms with Crippen LogP contribution in [0.4, 0.5) is 0 Å². The van der Waals surface area contributed by atoms with Crippen molar-refractivity contribution >= 4 is 0 Å². The minimum atomic E-state index is 0.696. The minimum absolute atomic E-state index is 0.696. The number of aromatic amines is 1. The molecule has 1 heteroatoms. The van der Waals surface area contributed by atoms with E-state index >= 15 is 0 Å². The van der Waals surface area contributed by atoms with E-state index < -0.39 is 0 Å². The van der Waals surface area contributed by atoms with Gasteiger partial charge in [-0.3, -0.25) is 0 Å². The smallest absolute Gasteiger partial charge is 0.00403 e. The molecule has 1 aromatic heterocycles. The standard InChI is InChI=1S/C14H25N/c1-6-13(10(2)3)14(11(4)5)12-7-8-15-9-12/h7-11,13-15H,6H2,1-5H3. The van der Waals surface area contributed by atoms with E-state index in [1.165, 1.54) is 12.0 Å². The molecule has 0 aliphatic rings. The Balaban J connectivity index is 2.91. The molecular weight excluding hydrogens is 182 g/mol. The molecule has 1 rings (SSSR count). The summed E-state index contributed by atoms with van der Waals surface area (Å²) in [6, 6.07) is 2.23. The largest absolute Gasteiger partial charge is 0.367 e. The topological polar surface area (TPSA) is 15.8 Å². The Hall–Kier alpha value is -0.720. The van der Waals surface area contributed by atoms with Gasteiger partial charge in [0.05, 0.1) is 0 Å². The van der Waals surface area contributed by atoms with Crippen molar-refractivity contribution in [1.82, 2.24) is 4.98 Å². The molecule has 0 aliphatic carbocycles. The highest BCUT2D eigenvalue weighted by Gasteiger charge is 2.27. The van der Waals surface area contributed by atoms with Gasteiger partial charge in [0.1, 0.15) is 0 Å². The lowest BCUT2D eigenvalue weighted by Gasteiger charge is -2.32. The highest BCUT2D eigenvalue weighted by Crippen LogP contribution is 2.37. The van der Waals surface area contributed by atoms with Gasteiger partial charge in [0.2, 0.25) is 0 Å². The SMILES string of the molecule is CCC(C(C)C)C(c1cc[nH]c1)C(C)C. The molecule has 0 amide bonds. The number of nitrogens with one attached hydrogen (secondary N) is 1. The second-order valence-electron chi connectivity index (χ2n) is 5.23. The highest BCUT2D eigenvalue weighted by molar-refractivity contribution is 5.17. The van der Waals surface area contributed by atoms with E-state index in [9.17, 15) is 0 Å². The summed E-state index contributed by atoms with van der Waals surface area (Å²) in [4.78, 5) is 3.18. The maximum absolute atomic E-state index is 3.18. The van der Waals surface area contributed by atoms with Crippen LogP contribution in [-0.2, 0) is 0 Å². The summed E-state index contributed by atoms with van der Waals surface area (Å²) in [7, 11) is 0. The van der Waals surface area contributed by atoms with Crippen LogP contribution in [0, 0.1) is 17.8 Å². The first-order chi connectivity index (χ1) is 7.07. The molecule has 1 heterocycles. The van der Waals surface area contributed by atoms with Crippen molar-refractivity contribution < 1.29 is 0 Å². The van der Waals surface area contributed by atoms with Crippen molar-refractivity contribution in [2.24, 2.45) is 17.8 Å². The number of rotatable bonds is 5. The molecule has 1 aromatic rings. The molecule has 15 heavy (non-hydrogen) atoms. The molecule has 0 spiro atoms. The van der Waals surface area contributed by atoms with E-state index in [1.807, 2.05) is 6.20 Å². The van der Waals surface area contributed by atoms with E-state index in [0.717, 1.165) is 11.8 Å². The lowest BCUT2D eigenvalue weighted by atomic mass is 9.73. The summed E-state index contributed by atoms with van der Waals surface area (Å²) in [6.45, 7) is 11.7. The molecule has 2 atom stereocenters. The third-order valence-electron chi connectivity index (χ3n) is 3.51. The van der Waals surface area contributed by atoms with Crippen LogP contribution < -0.4 is 0 Å². The molecular formula is C14H25N. The van der Waals surface area contributed by atoms with E-state index in [2.05, 4.69) is 51.9 Å². The Morgan fingerprint density at radius 1 is 1.13 bits per heavy atom. The van der Waals surface area contributed by atoms with Crippen LogP contribution in [0.3, 0.4) is 0 Å². The Kier molecular flexibility index (Phi) is 4.44. The normalized spacial score (nSPS) is 15.9. The fourth-order valence-corrected chi connectivity index (χ4v) is 2.81. The fraction of sp³-hybridized carbons (Fsp3) is 0.714. The van der Waals surface area contributed by atoms with Crippen molar-refractivity contribution in [3.05, 3.63) is 24.0 Å². The summed E-state index contributed by atoms with van der Waals surface area (Å²) in [5, 5.41) is 0. The maximum Gasteiger partial charge on any atom is 0.00403 e. The van der Waals surface area contributed by atoms with E-state index in [-0.39, 0.29) is 0 Å². The number of H-pyrrole nitrogens is 1. The van der Waals surface area contributed by atoms with Crippen LogP contribution in [0.25, 0.3) is 0 Å². The van der Waals surface area contributed by atoms with Gasteiger partial charge in [-0.15, -0.1) is 0 Å². The first-order valence-corrected chi connectivity index (χ1v) is 6.20. The van der Waals surface area contributed by atoms with Gasteiger partial charge in [-0.25, -0.2) is 0 Å². The zero-order valence-electron chi connectivity index (χ0n) is 10.7. The molecule has 0 saturated heterocycles. The van der Waals surface area contributed by atoms with Gasteiger partial charge in [0.25, 0.3) is 0 Å². The quantitative estimate of drug-likeness (QED) is 0.735. The predicted molar refractivity (Wildman–Crippen MR) is 67.0 cm³/mol. The molecule has 2 unspecified atom stereocenters. The van der Waals surface area contributed by atoms with E-state index in [4.69, 9.17) is 0 Å². The van der Waals surface area contributed by atoms with Crippen LogP contribution in [0.15, 0.2) is 18.5 Å². The Morgan fingerprint density at radius 2 is 1.80 bits per heavy atom. The summed E-state index contributed by atoms with van der Waals surface area (Å²) in [6.07, 6.45) is 5.47. The van der Waals surface area contributed by atoms with Crippen molar-refractivity contribution in [1.29, 1.82) is 0 Å². The second-order valence-corrected chi connectivity index (χ2v) is 5.23. The van der Waals surface area contributed by atoms with Crippen molar-refractivity contribution in [3.63, 3.8) is 0 Å². The summed E-state index contributed by atoms with van der Waals surface area (Å²) < 4.78 is 0. The monoisotopic (exact) mass is 207 g/mol. The molecule has 0 bridgehead atoms. The maximum atomic E-state index is 3.18. The molecule has 1 N–H and O–H groups in total. The average molecular weight is 207 g/mol. The van der Waals surface area contributed by atoms with Crippen LogP contribution >= 0.6 is 0 Å². The van der Waals surface area contributed by atoms with Gasteiger partial charge in [-0.1, -0.05) is 41.0 Å². The van der Waals surface area contributed by atoms with Gasteiger partial charge in [-0.05, 0) is 35.3 Å². The highest BCUT2D eigenvalue weighted by atomic mass is 14.6. The summed E-state index contributed by atoms with van der Waals surface area (Å²) >= 11 is 0. The van der Waals surface area contributed by atoms with Crippen LogP contribution in [0.5, 0.6) is 0 Å². The fourth-order valence-electron chi connectivity index (χ4n) is 2.81. The summed E-state index contributed by atoms with van der Waals surface area (Å²) in [5.41, 5.74) is 1.48. The molecule has 1 nitrogen and oxygen atoms in total. The Labute approximate surface area is 94.3 Å². The molecule has 86 valence electrons. The predicted octanol–water partition coefficient (Wildman–Crippen LogP) is 4.44. The third-order valence-corrected chi connectivity index (χ3v) is 3.51. The summed E-state index contributed by atoms with van der Waals surface area (Å²) in [5.74, 6) is 2.97. The van der Waals surface area contributed by atoms with E-state index in [0.29, 0.717) is 11.8 Å². The van der Waals surface area contributed by atoms with Gasteiger partial charge in [0, 0.05) is 12.4 Å². The average Bonchev–Trinajstić information content (AvgIpc) is 2.64. The van der Waals surface area contributed by atoms with Crippen LogP contribution in [0.1, 0.15) is 52.5 Å². The van der Waals surface area contributed by atoms with Gasteiger partial charge >= 0.3 is 0 Å². The molecule has 0 aromatic carbocycles. The Bertz CT molecular complexity index is 259. The number of hydrogen-bond acceptors (Lipinski definition) is 0. The lowest BCUT2D eigenvalue weighted by Crippen LogP contribution is -2.22.